The summed E-state index contributed by atoms with van der Waals surface area (Å²) in [7, 11) is 0. The first-order valence-electron chi connectivity index (χ1n) is 10.9. The molecule has 0 radical (unpaired) electrons. The van der Waals surface area contributed by atoms with Crippen molar-refractivity contribution in [2.24, 2.45) is 0 Å². The molecule has 0 unspecified atom stereocenters. The summed E-state index contributed by atoms with van der Waals surface area (Å²) >= 11 is 0. The molecule has 3 aromatic carbocycles. The molecule has 6 nitrogen and oxygen atoms in total. The molecule has 3 heterocycles. The Hall–Kier alpha value is -4.32. The Morgan fingerprint density at radius 2 is 1.70 bits per heavy atom. The number of nitrogens with zero attached hydrogens (tertiary/aromatic N) is 2. The van der Waals surface area contributed by atoms with E-state index in [1.54, 1.807) is 0 Å². The van der Waals surface area contributed by atoms with Gasteiger partial charge in [-0.2, -0.15) is 5.10 Å². The third-order valence-electron chi connectivity index (χ3n) is 6.61. The molecule has 0 amide bonds. The van der Waals surface area contributed by atoms with Crippen LogP contribution < -0.4 is 14.8 Å². The van der Waals surface area contributed by atoms with Crippen LogP contribution in [0.5, 0.6) is 11.5 Å². The van der Waals surface area contributed by atoms with Crippen LogP contribution in [-0.2, 0) is 0 Å². The second-order valence-electron chi connectivity index (χ2n) is 8.43. The quantitative estimate of drug-likeness (QED) is 0.478. The zero-order valence-corrected chi connectivity index (χ0v) is 17.8. The Labute approximate surface area is 190 Å². The highest BCUT2D eigenvalue weighted by molar-refractivity contribution is 6.24. The number of carbonyl (C=O) groups excluding carboxylic acids is 1. The van der Waals surface area contributed by atoms with Crippen LogP contribution >= 0.6 is 0 Å². The first kappa shape index (κ1) is 18.3. The number of rotatable bonds is 2. The number of benzene rings is 3. The fourth-order valence-corrected chi connectivity index (χ4v) is 5.16. The number of ketones is 1. The summed E-state index contributed by atoms with van der Waals surface area (Å²) in [5.41, 5.74) is 7.06. The summed E-state index contributed by atoms with van der Waals surface area (Å²) in [6.45, 7) is 2.21. The number of aryl methyl sites for hydroxylation is 1. The lowest BCUT2D eigenvalue weighted by Crippen LogP contribution is -2.20. The second-order valence-corrected chi connectivity index (χ2v) is 8.43. The van der Waals surface area contributed by atoms with Crippen LogP contribution in [-0.4, -0.2) is 22.4 Å². The van der Waals surface area contributed by atoms with Crippen LogP contribution in [0.2, 0.25) is 0 Å². The SMILES string of the molecule is Cc1nn(-c2ccccc2)c2c1[C@H](c1ccc3c(c1)OCO3)C1=C(N2)c2ccccc2C1=O. The monoisotopic (exact) mass is 433 g/mol. The Bertz CT molecular complexity index is 1500. The zero-order chi connectivity index (χ0) is 22.1. The van der Waals surface area contributed by atoms with E-state index >= 15 is 0 Å². The van der Waals surface area contributed by atoms with Crippen molar-refractivity contribution in [3.8, 4) is 17.2 Å². The molecule has 1 aromatic heterocycles. The Kier molecular flexibility index (Phi) is 3.65. The number of aromatic nitrogens is 2. The average molecular weight is 433 g/mol. The van der Waals surface area contributed by atoms with Crippen LogP contribution in [0.25, 0.3) is 11.4 Å². The van der Waals surface area contributed by atoms with Crippen molar-refractivity contribution in [1.29, 1.82) is 0 Å². The van der Waals surface area contributed by atoms with Crippen molar-refractivity contribution in [2.75, 3.05) is 12.1 Å². The minimum Gasteiger partial charge on any atom is -0.454 e. The Morgan fingerprint density at radius 3 is 2.55 bits per heavy atom. The molecule has 4 aromatic rings. The molecule has 0 bridgehead atoms. The Balaban J connectivity index is 1.50. The molecule has 0 saturated heterocycles. The Morgan fingerprint density at radius 1 is 0.939 bits per heavy atom. The van der Waals surface area contributed by atoms with Gasteiger partial charge < -0.3 is 14.8 Å². The maximum absolute atomic E-state index is 13.7. The number of ether oxygens (including phenoxy) is 2. The number of Topliss-reactive ketones (excluding diaryl/α,β-unsaturated/α-hetero) is 1. The van der Waals surface area contributed by atoms with E-state index in [9.17, 15) is 4.79 Å². The molecule has 0 spiro atoms. The van der Waals surface area contributed by atoms with Gasteiger partial charge in [-0.25, -0.2) is 4.68 Å². The molecular formula is C27H19N3O3. The summed E-state index contributed by atoms with van der Waals surface area (Å²) < 4.78 is 13.1. The topological polar surface area (TPSA) is 65.4 Å². The zero-order valence-electron chi connectivity index (χ0n) is 17.8. The van der Waals surface area contributed by atoms with Crippen molar-refractivity contribution in [2.45, 2.75) is 12.8 Å². The van der Waals surface area contributed by atoms with Gasteiger partial charge in [0.2, 0.25) is 6.79 Å². The lowest BCUT2D eigenvalue weighted by molar-refractivity contribution is 0.103. The summed E-state index contributed by atoms with van der Waals surface area (Å²) in [5, 5.41) is 8.47. The lowest BCUT2D eigenvalue weighted by Gasteiger charge is -2.27. The van der Waals surface area contributed by atoms with E-state index in [2.05, 4.69) is 5.32 Å². The highest BCUT2D eigenvalue weighted by Gasteiger charge is 2.43. The molecule has 3 aliphatic rings. The van der Waals surface area contributed by atoms with Crippen LogP contribution in [0.3, 0.4) is 0 Å². The number of anilines is 1. The third-order valence-corrected chi connectivity index (χ3v) is 6.61. The summed E-state index contributed by atoms with van der Waals surface area (Å²) in [6.07, 6.45) is 0. The van der Waals surface area contributed by atoms with Crippen LogP contribution in [0.15, 0.2) is 78.4 Å². The molecule has 6 heteroatoms. The molecule has 1 atom stereocenters. The van der Waals surface area contributed by atoms with E-state index in [1.807, 2.05) is 84.4 Å². The lowest BCUT2D eigenvalue weighted by atomic mass is 9.81. The number of para-hydroxylation sites is 1. The van der Waals surface area contributed by atoms with E-state index in [0.29, 0.717) is 5.75 Å². The van der Waals surface area contributed by atoms with Gasteiger partial charge in [0.05, 0.1) is 17.1 Å². The van der Waals surface area contributed by atoms with Gasteiger partial charge in [0.15, 0.2) is 17.3 Å². The normalized spacial score (nSPS) is 17.5. The number of nitrogens with one attached hydrogen (secondary N) is 1. The van der Waals surface area contributed by atoms with E-state index in [-0.39, 0.29) is 18.5 Å². The standard InChI is InChI=1S/C27H19N3O3/c1-15-22-23(16-11-12-20-21(13-16)33-14-32-20)24-25(18-9-5-6-10-19(18)26(24)31)28-27(22)30(29-15)17-7-3-2-4-8-17/h2-13,23,28H,14H2,1H3/t23-/m0/s1. The average Bonchev–Trinajstić information content (AvgIpc) is 3.54. The van der Waals surface area contributed by atoms with Gasteiger partial charge in [0, 0.05) is 28.2 Å². The molecule has 0 fully saturated rings. The van der Waals surface area contributed by atoms with Crippen molar-refractivity contribution in [1.82, 2.24) is 9.78 Å². The van der Waals surface area contributed by atoms with E-state index < -0.39 is 0 Å². The fourth-order valence-electron chi connectivity index (χ4n) is 5.16. The van der Waals surface area contributed by atoms with Crippen LogP contribution in [0.4, 0.5) is 5.82 Å². The van der Waals surface area contributed by atoms with E-state index in [1.165, 1.54) is 0 Å². The summed E-state index contributed by atoms with van der Waals surface area (Å²) in [4.78, 5) is 13.7. The van der Waals surface area contributed by atoms with Gasteiger partial charge in [0.25, 0.3) is 0 Å². The highest BCUT2D eigenvalue weighted by atomic mass is 16.7. The molecule has 7 rings (SSSR count). The predicted molar refractivity (Wildman–Crippen MR) is 124 cm³/mol. The third kappa shape index (κ3) is 2.49. The van der Waals surface area contributed by atoms with Gasteiger partial charge in [-0.3, -0.25) is 4.79 Å². The first-order chi connectivity index (χ1) is 16.2. The van der Waals surface area contributed by atoms with Gasteiger partial charge in [0.1, 0.15) is 5.82 Å². The first-order valence-corrected chi connectivity index (χ1v) is 10.9. The molecule has 1 N–H and O–H groups in total. The number of hydrogen-bond donors (Lipinski definition) is 1. The summed E-state index contributed by atoms with van der Waals surface area (Å²) in [6, 6.07) is 23.7. The molecule has 160 valence electrons. The molecular weight excluding hydrogens is 414 g/mol. The van der Waals surface area contributed by atoms with Crippen LogP contribution in [0, 0.1) is 6.92 Å². The van der Waals surface area contributed by atoms with E-state index in [0.717, 1.165) is 56.5 Å². The smallest absolute Gasteiger partial charge is 0.231 e. The van der Waals surface area contributed by atoms with Crippen LogP contribution in [0.1, 0.15) is 38.7 Å². The van der Waals surface area contributed by atoms with Crippen molar-refractivity contribution in [3.05, 3.63) is 106 Å². The van der Waals surface area contributed by atoms with Crippen molar-refractivity contribution in [3.63, 3.8) is 0 Å². The number of carbonyl (C=O) groups is 1. The minimum atomic E-state index is -0.275. The second kappa shape index (κ2) is 6.59. The van der Waals surface area contributed by atoms with Gasteiger partial charge in [-0.15, -0.1) is 0 Å². The van der Waals surface area contributed by atoms with E-state index in [4.69, 9.17) is 14.6 Å². The fraction of sp³-hybridized carbons (Fsp3) is 0.111. The molecule has 2 aliphatic heterocycles. The summed E-state index contributed by atoms with van der Waals surface area (Å²) in [5.74, 6) is 2.08. The number of allylic oxidation sites excluding steroid dienone is 1. The molecule has 1 aliphatic carbocycles. The maximum atomic E-state index is 13.7. The largest absolute Gasteiger partial charge is 0.454 e. The van der Waals surface area contributed by atoms with Gasteiger partial charge >= 0.3 is 0 Å². The number of fused-ring (bicyclic) bond motifs is 4. The van der Waals surface area contributed by atoms with Crippen molar-refractivity contribution < 1.29 is 14.3 Å². The number of hydrogen-bond acceptors (Lipinski definition) is 5. The maximum Gasteiger partial charge on any atom is 0.231 e. The van der Waals surface area contributed by atoms with Crippen molar-refractivity contribution >= 4 is 17.3 Å². The molecule has 33 heavy (non-hydrogen) atoms. The van der Waals surface area contributed by atoms with Gasteiger partial charge in [-0.1, -0.05) is 48.5 Å². The highest BCUT2D eigenvalue weighted by Crippen LogP contribution is 2.51. The van der Waals surface area contributed by atoms with Gasteiger partial charge in [-0.05, 0) is 36.8 Å². The predicted octanol–water partition coefficient (Wildman–Crippen LogP) is 5.07. The minimum absolute atomic E-state index is 0.0493. The molecule has 0 saturated carbocycles.